The molecular formula is C18H24N4O3S. The molecule has 1 fully saturated rings. The fourth-order valence-electron chi connectivity index (χ4n) is 3.10. The largest absolute Gasteiger partial charge is 0.497 e. The smallest absolute Gasteiger partial charge is 0.254 e. The second kappa shape index (κ2) is 7.57. The van der Waals surface area contributed by atoms with Crippen LogP contribution in [0.4, 0.5) is 0 Å². The van der Waals surface area contributed by atoms with Gasteiger partial charge >= 0.3 is 0 Å². The van der Waals surface area contributed by atoms with E-state index in [1.807, 2.05) is 43.3 Å². The van der Waals surface area contributed by atoms with Crippen molar-refractivity contribution in [3.05, 3.63) is 24.3 Å². The standard InChI is InChI=1S/C18H24N4O3S/c1-21(2)17-19-16(24)18(20-17)7-9-22(10-8-18)15(23)12-26-14-6-4-5-13(11-14)25-3/h4-6,11H,7-10,12H2,1-3H3,(H,19,20,24). The lowest BCUT2D eigenvalue weighted by molar-refractivity contribution is -0.133. The van der Waals surface area contributed by atoms with Crippen LogP contribution in [-0.2, 0) is 9.59 Å². The number of hydrogen-bond acceptors (Lipinski definition) is 6. The van der Waals surface area contributed by atoms with Crippen LogP contribution in [0, 0.1) is 0 Å². The number of likely N-dealkylation sites (tertiary alicyclic amines) is 1. The molecular weight excluding hydrogens is 352 g/mol. The van der Waals surface area contributed by atoms with E-state index in [1.54, 1.807) is 12.0 Å². The zero-order chi connectivity index (χ0) is 18.7. The average molecular weight is 376 g/mol. The second-order valence-corrected chi connectivity index (χ2v) is 7.71. The normalized spacial score (nSPS) is 18.5. The SMILES string of the molecule is COc1cccc(SCC(=O)N2CCC3(CC2)N=C(N(C)C)NC3=O)c1. The van der Waals surface area contributed by atoms with Crippen molar-refractivity contribution < 1.29 is 14.3 Å². The van der Waals surface area contributed by atoms with Crippen molar-refractivity contribution in [3.8, 4) is 5.75 Å². The molecule has 3 rings (SSSR count). The van der Waals surface area contributed by atoms with E-state index in [-0.39, 0.29) is 11.8 Å². The Morgan fingerprint density at radius 3 is 2.73 bits per heavy atom. The highest BCUT2D eigenvalue weighted by Gasteiger charge is 2.46. The van der Waals surface area contributed by atoms with Gasteiger partial charge in [-0.15, -0.1) is 11.8 Å². The number of rotatable bonds is 4. The van der Waals surface area contributed by atoms with Crippen LogP contribution in [0.15, 0.2) is 34.2 Å². The summed E-state index contributed by atoms with van der Waals surface area (Å²) in [5.74, 6) is 1.79. The summed E-state index contributed by atoms with van der Waals surface area (Å²) in [6.07, 6.45) is 1.12. The number of guanidine groups is 1. The van der Waals surface area contributed by atoms with E-state index < -0.39 is 5.54 Å². The zero-order valence-electron chi connectivity index (χ0n) is 15.3. The Morgan fingerprint density at radius 2 is 2.12 bits per heavy atom. The van der Waals surface area contributed by atoms with Crippen molar-refractivity contribution in [1.82, 2.24) is 15.1 Å². The lowest BCUT2D eigenvalue weighted by Gasteiger charge is -2.35. The van der Waals surface area contributed by atoms with Gasteiger partial charge in [-0.05, 0) is 31.0 Å². The Balaban J connectivity index is 1.54. The molecule has 1 aromatic rings. The third kappa shape index (κ3) is 3.80. The zero-order valence-corrected chi connectivity index (χ0v) is 16.1. The van der Waals surface area contributed by atoms with E-state index >= 15 is 0 Å². The molecule has 1 aromatic carbocycles. The number of aliphatic imine (C=N–C) groups is 1. The van der Waals surface area contributed by atoms with Crippen LogP contribution in [0.5, 0.6) is 5.75 Å². The summed E-state index contributed by atoms with van der Waals surface area (Å²) >= 11 is 1.50. The maximum atomic E-state index is 12.5. The first-order valence-corrected chi connectivity index (χ1v) is 9.55. The number of amides is 2. The Bertz CT molecular complexity index is 727. The summed E-state index contributed by atoms with van der Waals surface area (Å²) in [7, 11) is 5.33. The summed E-state index contributed by atoms with van der Waals surface area (Å²) in [6, 6.07) is 7.68. The summed E-state index contributed by atoms with van der Waals surface area (Å²) in [5, 5.41) is 2.83. The molecule has 1 N–H and O–H groups in total. The molecule has 0 unspecified atom stereocenters. The van der Waals surface area contributed by atoms with Crippen LogP contribution < -0.4 is 10.1 Å². The monoisotopic (exact) mass is 376 g/mol. The molecule has 2 heterocycles. The number of methoxy groups -OCH3 is 1. The number of thioether (sulfide) groups is 1. The second-order valence-electron chi connectivity index (χ2n) is 6.66. The third-order valence-electron chi connectivity index (χ3n) is 4.74. The fourth-order valence-corrected chi connectivity index (χ4v) is 3.95. The fraction of sp³-hybridized carbons (Fsp3) is 0.500. The number of benzene rings is 1. The van der Waals surface area contributed by atoms with Crippen LogP contribution in [0.2, 0.25) is 0 Å². The molecule has 26 heavy (non-hydrogen) atoms. The molecule has 0 radical (unpaired) electrons. The third-order valence-corrected chi connectivity index (χ3v) is 5.72. The highest BCUT2D eigenvalue weighted by Crippen LogP contribution is 2.31. The molecule has 2 amide bonds. The van der Waals surface area contributed by atoms with Gasteiger partial charge in [0.25, 0.3) is 5.91 Å². The van der Waals surface area contributed by atoms with Gasteiger partial charge in [-0.1, -0.05) is 6.07 Å². The summed E-state index contributed by atoms with van der Waals surface area (Å²) in [4.78, 5) is 34.1. The molecule has 0 aliphatic carbocycles. The minimum absolute atomic E-state index is 0.0564. The summed E-state index contributed by atoms with van der Waals surface area (Å²) in [5.41, 5.74) is -0.712. The van der Waals surface area contributed by atoms with Crippen molar-refractivity contribution in [1.29, 1.82) is 0 Å². The molecule has 0 atom stereocenters. The minimum atomic E-state index is -0.712. The molecule has 2 aliphatic heterocycles. The number of carbonyl (C=O) groups is 2. The van der Waals surface area contributed by atoms with Crippen molar-refractivity contribution in [3.63, 3.8) is 0 Å². The molecule has 0 saturated carbocycles. The number of hydrogen-bond donors (Lipinski definition) is 1. The lowest BCUT2D eigenvalue weighted by atomic mass is 9.88. The molecule has 0 bridgehead atoms. The first-order valence-electron chi connectivity index (χ1n) is 8.57. The molecule has 0 aromatic heterocycles. The minimum Gasteiger partial charge on any atom is -0.497 e. The van der Waals surface area contributed by atoms with Gasteiger partial charge < -0.3 is 14.5 Å². The van der Waals surface area contributed by atoms with Gasteiger partial charge in [-0.3, -0.25) is 14.9 Å². The van der Waals surface area contributed by atoms with Crippen LogP contribution in [0.25, 0.3) is 0 Å². The van der Waals surface area contributed by atoms with Gasteiger partial charge in [0.1, 0.15) is 11.3 Å². The molecule has 8 heteroatoms. The van der Waals surface area contributed by atoms with Gasteiger partial charge in [0.2, 0.25) is 11.9 Å². The van der Waals surface area contributed by atoms with Gasteiger partial charge in [-0.25, -0.2) is 4.99 Å². The van der Waals surface area contributed by atoms with Gasteiger partial charge in [0, 0.05) is 32.1 Å². The van der Waals surface area contributed by atoms with Crippen molar-refractivity contribution in [2.24, 2.45) is 4.99 Å². The van der Waals surface area contributed by atoms with Crippen molar-refractivity contribution in [2.45, 2.75) is 23.3 Å². The molecule has 1 spiro atoms. The first-order chi connectivity index (χ1) is 12.4. The van der Waals surface area contributed by atoms with E-state index in [4.69, 9.17) is 4.74 Å². The number of carbonyl (C=O) groups excluding carboxylic acids is 2. The molecule has 2 aliphatic rings. The van der Waals surface area contributed by atoms with Gasteiger partial charge in [0.15, 0.2) is 0 Å². The van der Waals surface area contributed by atoms with E-state index in [9.17, 15) is 9.59 Å². The Kier molecular flexibility index (Phi) is 5.41. The van der Waals surface area contributed by atoms with Gasteiger partial charge in [-0.2, -0.15) is 0 Å². The highest BCUT2D eigenvalue weighted by molar-refractivity contribution is 8.00. The van der Waals surface area contributed by atoms with Crippen LogP contribution >= 0.6 is 11.8 Å². The predicted octanol–water partition coefficient (Wildman–Crippen LogP) is 1.20. The van der Waals surface area contributed by atoms with E-state index in [1.165, 1.54) is 11.8 Å². The Morgan fingerprint density at radius 1 is 1.38 bits per heavy atom. The number of ether oxygens (including phenoxy) is 1. The Hall–Kier alpha value is -2.22. The predicted molar refractivity (Wildman–Crippen MR) is 102 cm³/mol. The average Bonchev–Trinajstić information content (AvgIpc) is 2.97. The summed E-state index contributed by atoms with van der Waals surface area (Å²) < 4.78 is 5.20. The first kappa shape index (κ1) is 18.6. The number of nitrogens with zero attached hydrogens (tertiary/aromatic N) is 3. The quantitative estimate of drug-likeness (QED) is 0.800. The van der Waals surface area contributed by atoms with Crippen LogP contribution in [-0.4, -0.2) is 73.2 Å². The summed E-state index contributed by atoms with van der Waals surface area (Å²) in [6.45, 7) is 1.10. The van der Waals surface area contributed by atoms with E-state index in [0.717, 1.165) is 10.6 Å². The van der Waals surface area contributed by atoms with Crippen LogP contribution in [0.3, 0.4) is 0 Å². The molecule has 1 saturated heterocycles. The highest BCUT2D eigenvalue weighted by atomic mass is 32.2. The van der Waals surface area contributed by atoms with Crippen LogP contribution in [0.1, 0.15) is 12.8 Å². The van der Waals surface area contributed by atoms with Gasteiger partial charge in [0.05, 0.1) is 12.9 Å². The van der Waals surface area contributed by atoms with E-state index in [2.05, 4.69) is 10.3 Å². The number of piperidine rings is 1. The van der Waals surface area contributed by atoms with Crippen molar-refractivity contribution in [2.75, 3.05) is 40.0 Å². The molecule has 140 valence electrons. The molecule has 7 nitrogen and oxygen atoms in total. The van der Waals surface area contributed by atoms with E-state index in [0.29, 0.717) is 37.6 Å². The lowest BCUT2D eigenvalue weighted by Crippen LogP contribution is -2.51. The topological polar surface area (TPSA) is 74.2 Å². The Labute approximate surface area is 157 Å². The van der Waals surface area contributed by atoms with Crippen molar-refractivity contribution >= 4 is 29.5 Å². The maximum absolute atomic E-state index is 12.5. The number of nitrogens with one attached hydrogen (secondary N) is 1. The maximum Gasteiger partial charge on any atom is 0.254 e.